The van der Waals surface area contributed by atoms with Crippen molar-refractivity contribution in [2.75, 3.05) is 11.5 Å². The monoisotopic (exact) mass is 227 g/mol. The second kappa shape index (κ2) is 4.94. The van der Waals surface area contributed by atoms with Crippen LogP contribution in [0.15, 0.2) is 5.38 Å². The quantitative estimate of drug-likeness (QED) is 0.743. The summed E-state index contributed by atoms with van der Waals surface area (Å²) in [5.41, 5.74) is 0.943. The highest BCUT2D eigenvalue weighted by molar-refractivity contribution is 7.99. The summed E-state index contributed by atoms with van der Waals surface area (Å²) in [5, 5.41) is 3.26. The van der Waals surface area contributed by atoms with Crippen molar-refractivity contribution < 1.29 is 4.79 Å². The predicted molar refractivity (Wildman–Crippen MR) is 61.2 cm³/mol. The lowest BCUT2D eigenvalue weighted by atomic mass is 10.0. The van der Waals surface area contributed by atoms with E-state index in [0.29, 0.717) is 12.3 Å². The lowest BCUT2D eigenvalue weighted by molar-refractivity contribution is -0.107. The third kappa shape index (κ3) is 2.36. The minimum absolute atomic E-state index is 0.470. The Kier molecular flexibility index (Phi) is 3.59. The van der Waals surface area contributed by atoms with E-state index in [4.69, 9.17) is 0 Å². The van der Waals surface area contributed by atoms with Crippen LogP contribution >= 0.6 is 23.1 Å². The van der Waals surface area contributed by atoms with E-state index in [2.05, 4.69) is 4.98 Å². The molecular formula is C10H13NOS2. The van der Waals surface area contributed by atoms with Gasteiger partial charge in [-0.15, -0.1) is 11.3 Å². The topological polar surface area (TPSA) is 30.0 Å². The smallest absolute Gasteiger partial charge is 0.125 e. The predicted octanol–water partition coefficient (Wildman–Crippen LogP) is 2.50. The molecule has 0 spiro atoms. The number of aldehydes is 1. The van der Waals surface area contributed by atoms with E-state index in [0.717, 1.165) is 12.0 Å². The average Bonchev–Trinajstić information content (AvgIpc) is 2.68. The van der Waals surface area contributed by atoms with Gasteiger partial charge < -0.3 is 4.79 Å². The van der Waals surface area contributed by atoms with Gasteiger partial charge in [0.2, 0.25) is 0 Å². The molecule has 0 amide bonds. The Labute approximate surface area is 92.1 Å². The first kappa shape index (κ1) is 10.2. The van der Waals surface area contributed by atoms with Crippen molar-refractivity contribution >= 4 is 29.4 Å². The van der Waals surface area contributed by atoms with Crippen LogP contribution in [0, 0.1) is 0 Å². The van der Waals surface area contributed by atoms with E-state index < -0.39 is 0 Å². The molecule has 1 fully saturated rings. The minimum atomic E-state index is 0.470. The number of carbonyl (C=O) groups is 1. The standard InChI is InChI=1S/C10H13NOS2/c12-4-1-9-7-14-10(11-9)8-2-5-13-6-3-8/h4,7-8H,1-3,5-6H2. The Morgan fingerprint density at radius 3 is 3.00 bits per heavy atom. The van der Waals surface area contributed by atoms with E-state index in [1.807, 2.05) is 17.1 Å². The molecule has 1 aliphatic rings. The van der Waals surface area contributed by atoms with E-state index in [1.54, 1.807) is 11.3 Å². The maximum atomic E-state index is 10.3. The summed E-state index contributed by atoms with van der Waals surface area (Å²) in [5.74, 6) is 3.17. The molecule has 2 nitrogen and oxygen atoms in total. The lowest BCUT2D eigenvalue weighted by Gasteiger charge is -2.18. The van der Waals surface area contributed by atoms with Crippen molar-refractivity contribution in [3.63, 3.8) is 0 Å². The number of carbonyl (C=O) groups excluding carboxylic acids is 1. The van der Waals surface area contributed by atoms with Crippen molar-refractivity contribution in [2.24, 2.45) is 0 Å². The first-order valence-corrected chi connectivity index (χ1v) is 6.89. The van der Waals surface area contributed by atoms with E-state index >= 15 is 0 Å². The van der Waals surface area contributed by atoms with Gasteiger partial charge in [0.25, 0.3) is 0 Å². The Bertz CT molecular complexity index is 305. The molecule has 14 heavy (non-hydrogen) atoms. The van der Waals surface area contributed by atoms with Gasteiger partial charge in [-0.3, -0.25) is 0 Å². The fourth-order valence-corrected chi connectivity index (χ4v) is 3.74. The largest absolute Gasteiger partial charge is 0.303 e. The number of hydrogen-bond acceptors (Lipinski definition) is 4. The van der Waals surface area contributed by atoms with E-state index in [1.165, 1.54) is 29.4 Å². The molecule has 1 aliphatic heterocycles. The third-order valence-electron chi connectivity index (χ3n) is 2.43. The second-order valence-electron chi connectivity index (χ2n) is 3.43. The van der Waals surface area contributed by atoms with Crippen LogP contribution in [0.1, 0.15) is 29.5 Å². The molecule has 0 unspecified atom stereocenters. The molecular weight excluding hydrogens is 214 g/mol. The Morgan fingerprint density at radius 1 is 1.50 bits per heavy atom. The van der Waals surface area contributed by atoms with Crippen LogP contribution in [0.25, 0.3) is 0 Å². The zero-order valence-electron chi connectivity index (χ0n) is 7.94. The molecule has 1 saturated heterocycles. The van der Waals surface area contributed by atoms with Gasteiger partial charge in [0.05, 0.1) is 10.7 Å². The molecule has 0 radical (unpaired) electrons. The molecule has 0 N–H and O–H groups in total. The molecule has 0 atom stereocenters. The summed E-state index contributed by atoms with van der Waals surface area (Å²) in [4.78, 5) is 14.8. The summed E-state index contributed by atoms with van der Waals surface area (Å²) in [6, 6.07) is 0. The van der Waals surface area contributed by atoms with Gasteiger partial charge in [-0.2, -0.15) is 11.8 Å². The highest BCUT2D eigenvalue weighted by Crippen LogP contribution is 2.33. The fraction of sp³-hybridized carbons (Fsp3) is 0.600. The molecule has 76 valence electrons. The summed E-state index contributed by atoms with van der Waals surface area (Å²) >= 11 is 3.75. The molecule has 0 aliphatic carbocycles. The van der Waals surface area contributed by atoms with Crippen LogP contribution in [-0.4, -0.2) is 22.8 Å². The molecule has 0 aromatic carbocycles. The van der Waals surface area contributed by atoms with Gasteiger partial charge in [-0.1, -0.05) is 0 Å². The Balaban J connectivity index is 2.03. The van der Waals surface area contributed by atoms with Crippen LogP contribution in [0.2, 0.25) is 0 Å². The number of rotatable bonds is 3. The van der Waals surface area contributed by atoms with Crippen molar-refractivity contribution in [3.05, 3.63) is 16.1 Å². The number of nitrogens with zero attached hydrogens (tertiary/aromatic N) is 1. The highest BCUT2D eigenvalue weighted by Gasteiger charge is 2.18. The van der Waals surface area contributed by atoms with Gasteiger partial charge in [0.1, 0.15) is 6.29 Å². The zero-order chi connectivity index (χ0) is 9.80. The summed E-state index contributed by atoms with van der Waals surface area (Å²) in [7, 11) is 0. The number of hydrogen-bond donors (Lipinski definition) is 0. The van der Waals surface area contributed by atoms with Crippen molar-refractivity contribution in [3.8, 4) is 0 Å². The molecule has 4 heteroatoms. The van der Waals surface area contributed by atoms with Crippen LogP contribution in [-0.2, 0) is 11.2 Å². The number of aromatic nitrogens is 1. The van der Waals surface area contributed by atoms with Gasteiger partial charge in [-0.25, -0.2) is 4.98 Å². The van der Waals surface area contributed by atoms with Gasteiger partial charge >= 0.3 is 0 Å². The lowest BCUT2D eigenvalue weighted by Crippen LogP contribution is -2.07. The maximum absolute atomic E-state index is 10.3. The van der Waals surface area contributed by atoms with E-state index in [-0.39, 0.29) is 0 Å². The van der Waals surface area contributed by atoms with Crippen molar-refractivity contribution in [2.45, 2.75) is 25.2 Å². The third-order valence-corrected chi connectivity index (χ3v) is 4.54. The maximum Gasteiger partial charge on any atom is 0.125 e. The summed E-state index contributed by atoms with van der Waals surface area (Å²) < 4.78 is 0. The molecule has 1 aromatic heterocycles. The highest BCUT2D eigenvalue weighted by atomic mass is 32.2. The first-order chi connectivity index (χ1) is 6.90. The summed E-state index contributed by atoms with van der Waals surface area (Å²) in [6.45, 7) is 0. The van der Waals surface area contributed by atoms with Gasteiger partial charge in [0, 0.05) is 17.7 Å². The van der Waals surface area contributed by atoms with Gasteiger partial charge in [-0.05, 0) is 24.3 Å². The minimum Gasteiger partial charge on any atom is -0.303 e. The zero-order valence-corrected chi connectivity index (χ0v) is 9.57. The van der Waals surface area contributed by atoms with Crippen LogP contribution in [0.4, 0.5) is 0 Å². The fourth-order valence-electron chi connectivity index (χ4n) is 1.63. The van der Waals surface area contributed by atoms with Crippen molar-refractivity contribution in [1.82, 2.24) is 4.98 Å². The molecule has 2 rings (SSSR count). The van der Waals surface area contributed by atoms with Gasteiger partial charge in [0.15, 0.2) is 0 Å². The second-order valence-corrected chi connectivity index (χ2v) is 5.55. The number of thioether (sulfide) groups is 1. The molecule has 0 bridgehead atoms. The first-order valence-electron chi connectivity index (χ1n) is 4.86. The van der Waals surface area contributed by atoms with Crippen molar-refractivity contribution in [1.29, 1.82) is 0 Å². The number of thiazole rings is 1. The van der Waals surface area contributed by atoms with Crippen LogP contribution < -0.4 is 0 Å². The molecule has 0 saturated carbocycles. The summed E-state index contributed by atoms with van der Waals surface area (Å²) in [6.07, 6.45) is 3.89. The normalized spacial score (nSPS) is 18.3. The van der Waals surface area contributed by atoms with Crippen LogP contribution in [0.3, 0.4) is 0 Å². The molecule has 2 heterocycles. The molecule has 1 aromatic rings. The SMILES string of the molecule is O=CCc1csc(C2CCSCC2)n1. The Morgan fingerprint density at radius 2 is 2.29 bits per heavy atom. The average molecular weight is 227 g/mol. The van der Waals surface area contributed by atoms with Crippen LogP contribution in [0.5, 0.6) is 0 Å². The van der Waals surface area contributed by atoms with E-state index in [9.17, 15) is 4.79 Å². The Hall–Kier alpha value is -0.350.